The van der Waals surface area contributed by atoms with Crippen LogP contribution in [-0.4, -0.2) is 30.1 Å². The maximum absolute atomic E-state index is 5.83. The van der Waals surface area contributed by atoms with Crippen LogP contribution in [0.5, 0.6) is 0 Å². The second-order valence-corrected chi connectivity index (χ2v) is 5.72. The molecule has 0 spiro atoms. The lowest BCUT2D eigenvalue weighted by molar-refractivity contribution is 0.131. The lowest BCUT2D eigenvalue weighted by atomic mass is 10.0. The third-order valence-corrected chi connectivity index (χ3v) is 3.77. The second-order valence-electron chi connectivity index (χ2n) is 5.72. The van der Waals surface area contributed by atoms with E-state index in [0.29, 0.717) is 0 Å². The number of likely N-dealkylation sites (N-methyl/N-ethyl adjacent to an activating group) is 1. The first-order chi connectivity index (χ1) is 8.08. The van der Waals surface area contributed by atoms with E-state index in [0.717, 1.165) is 13.1 Å². The molecule has 17 heavy (non-hydrogen) atoms. The summed E-state index contributed by atoms with van der Waals surface area (Å²) in [5.41, 5.74) is 5.99. The summed E-state index contributed by atoms with van der Waals surface area (Å²) in [7, 11) is 0. The van der Waals surface area contributed by atoms with Gasteiger partial charge in [0, 0.05) is 12.1 Å². The van der Waals surface area contributed by atoms with Crippen molar-refractivity contribution < 1.29 is 0 Å². The van der Waals surface area contributed by atoms with Crippen molar-refractivity contribution >= 4 is 0 Å². The minimum absolute atomic E-state index is 0.164. The highest BCUT2D eigenvalue weighted by Gasteiger charge is 2.22. The molecule has 2 nitrogen and oxygen atoms in total. The molecule has 0 amide bonds. The molecule has 0 aliphatic heterocycles. The first-order valence-corrected chi connectivity index (χ1v) is 7.53. The largest absolute Gasteiger partial charge is 0.329 e. The molecule has 0 fully saturated rings. The predicted molar refractivity (Wildman–Crippen MR) is 78.4 cm³/mol. The van der Waals surface area contributed by atoms with Crippen molar-refractivity contribution in [3.8, 4) is 0 Å². The van der Waals surface area contributed by atoms with Crippen LogP contribution >= 0.6 is 0 Å². The number of nitrogens with two attached hydrogens (primary N) is 1. The Morgan fingerprint density at radius 3 is 1.88 bits per heavy atom. The van der Waals surface area contributed by atoms with Crippen molar-refractivity contribution in [2.24, 2.45) is 5.73 Å². The molecule has 0 bridgehead atoms. The molecule has 0 unspecified atom stereocenters. The predicted octanol–water partition coefficient (Wildman–Crippen LogP) is 3.80. The summed E-state index contributed by atoms with van der Waals surface area (Å²) in [6, 6.07) is 0. The van der Waals surface area contributed by atoms with Crippen LogP contribution < -0.4 is 5.73 Å². The molecule has 0 aliphatic rings. The molecule has 0 aliphatic carbocycles. The van der Waals surface area contributed by atoms with Crippen molar-refractivity contribution in [2.75, 3.05) is 19.6 Å². The Bertz CT molecular complexity index is 166. The summed E-state index contributed by atoms with van der Waals surface area (Å²) in [4.78, 5) is 2.51. The molecule has 2 N–H and O–H groups in total. The van der Waals surface area contributed by atoms with Gasteiger partial charge in [0.05, 0.1) is 0 Å². The number of nitrogens with zero attached hydrogens (tertiary/aromatic N) is 1. The molecule has 104 valence electrons. The Morgan fingerprint density at radius 1 is 0.882 bits per heavy atom. The first kappa shape index (κ1) is 16.9. The van der Waals surface area contributed by atoms with Gasteiger partial charge in [0.1, 0.15) is 0 Å². The number of hydrogen-bond acceptors (Lipinski definition) is 2. The van der Waals surface area contributed by atoms with Crippen LogP contribution in [0.15, 0.2) is 0 Å². The summed E-state index contributed by atoms with van der Waals surface area (Å²) in [6.45, 7) is 12.1. The lowest BCUT2D eigenvalue weighted by Gasteiger charge is -2.37. The van der Waals surface area contributed by atoms with E-state index in [-0.39, 0.29) is 5.54 Å². The maximum atomic E-state index is 5.83. The van der Waals surface area contributed by atoms with Crippen molar-refractivity contribution in [1.29, 1.82) is 0 Å². The molecule has 0 heterocycles. The minimum Gasteiger partial charge on any atom is -0.329 e. The van der Waals surface area contributed by atoms with E-state index >= 15 is 0 Å². The van der Waals surface area contributed by atoms with Gasteiger partial charge in [-0.1, -0.05) is 52.4 Å². The third-order valence-electron chi connectivity index (χ3n) is 3.77. The van der Waals surface area contributed by atoms with E-state index in [1.807, 2.05) is 0 Å². The van der Waals surface area contributed by atoms with E-state index in [1.165, 1.54) is 51.5 Å². The molecule has 2 heteroatoms. The van der Waals surface area contributed by atoms with E-state index in [2.05, 4.69) is 32.6 Å². The Morgan fingerprint density at radius 2 is 1.41 bits per heavy atom. The topological polar surface area (TPSA) is 29.3 Å². The monoisotopic (exact) mass is 242 g/mol. The van der Waals surface area contributed by atoms with Gasteiger partial charge in [-0.25, -0.2) is 0 Å². The lowest BCUT2D eigenvalue weighted by Crippen LogP contribution is -2.49. The average Bonchev–Trinajstić information content (AvgIpc) is 2.32. The molecule has 0 aromatic carbocycles. The Kier molecular flexibility index (Phi) is 9.85. The summed E-state index contributed by atoms with van der Waals surface area (Å²) in [6.07, 6.45) is 9.68. The highest BCUT2D eigenvalue weighted by Crippen LogP contribution is 2.14. The SMILES string of the molecule is CCCCCCCCCN(CC)C(C)(C)CN. The van der Waals surface area contributed by atoms with E-state index in [9.17, 15) is 0 Å². The van der Waals surface area contributed by atoms with Crippen LogP contribution in [0.3, 0.4) is 0 Å². The van der Waals surface area contributed by atoms with E-state index < -0.39 is 0 Å². The quantitative estimate of drug-likeness (QED) is 0.558. The highest BCUT2D eigenvalue weighted by atomic mass is 15.2. The smallest absolute Gasteiger partial charge is 0.0275 e. The van der Waals surface area contributed by atoms with Gasteiger partial charge in [-0.05, 0) is 33.4 Å². The van der Waals surface area contributed by atoms with Gasteiger partial charge in [0.2, 0.25) is 0 Å². The van der Waals surface area contributed by atoms with E-state index in [4.69, 9.17) is 5.73 Å². The van der Waals surface area contributed by atoms with Crippen molar-refractivity contribution in [1.82, 2.24) is 4.90 Å². The maximum Gasteiger partial charge on any atom is 0.0275 e. The molecule has 0 saturated heterocycles. The first-order valence-electron chi connectivity index (χ1n) is 7.53. The van der Waals surface area contributed by atoms with Crippen LogP contribution in [0.25, 0.3) is 0 Å². The Balaban J connectivity index is 3.57. The van der Waals surface area contributed by atoms with Crippen LogP contribution in [0.4, 0.5) is 0 Å². The summed E-state index contributed by atoms with van der Waals surface area (Å²) < 4.78 is 0. The molecule has 0 saturated carbocycles. The van der Waals surface area contributed by atoms with Gasteiger partial charge in [-0.2, -0.15) is 0 Å². The Labute approximate surface area is 109 Å². The highest BCUT2D eigenvalue weighted by molar-refractivity contribution is 4.81. The van der Waals surface area contributed by atoms with E-state index in [1.54, 1.807) is 0 Å². The molecule has 0 radical (unpaired) electrons. The minimum atomic E-state index is 0.164. The van der Waals surface area contributed by atoms with Gasteiger partial charge < -0.3 is 5.73 Å². The average molecular weight is 242 g/mol. The standard InChI is InChI=1S/C15H34N2/c1-5-7-8-9-10-11-12-13-17(6-2)15(3,4)14-16/h5-14,16H2,1-4H3. The molecule has 0 aromatic rings. The zero-order valence-electron chi connectivity index (χ0n) is 12.6. The number of unbranched alkanes of at least 4 members (excludes halogenated alkanes) is 6. The second kappa shape index (κ2) is 9.90. The van der Waals surface area contributed by atoms with Gasteiger partial charge in [0.15, 0.2) is 0 Å². The van der Waals surface area contributed by atoms with Crippen molar-refractivity contribution in [3.63, 3.8) is 0 Å². The van der Waals surface area contributed by atoms with Crippen molar-refractivity contribution in [2.45, 2.75) is 78.2 Å². The van der Waals surface area contributed by atoms with Gasteiger partial charge >= 0.3 is 0 Å². The fourth-order valence-corrected chi connectivity index (χ4v) is 2.28. The normalized spacial score (nSPS) is 12.4. The van der Waals surface area contributed by atoms with Crippen LogP contribution in [0.1, 0.15) is 72.6 Å². The fourth-order valence-electron chi connectivity index (χ4n) is 2.28. The Hall–Kier alpha value is -0.0800. The van der Waals surface area contributed by atoms with Crippen molar-refractivity contribution in [3.05, 3.63) is 0 Å². The van der Waals surface area contributed by atoms with Gasteiger partial charge in [-0.15, -0.1) is 0 Å². The van der Waals surface area contributed by atoms with Crippen LogP contribution in [-0.2, 0) is 0 Å². The van der Waals surface area contributed by atoms with Crippen LogP contribution in [0, 0.1) is 0 Å². The summed E-state index contributed by atoms with van der Waals surface area (Å²) in [5, 5.41) is 0. The van der Waals surface area contributed by atoms with Gasteiger partial charge in [-0.3, -0.25) is 4.90 Å². The number of rotatable bonds is 11. The molecule has 0 atom stereocenters. The molecule has 0 rings (SSSR count). The number of hydrogen-bond donors (Lipinski definition) is 1. The molecule has 0 aromatic heterocycles. The third kappa shape index (κ3) is 7.77. The fraction of sp³-hybridized carbons (Fsp3) is 1.00. The zero-order valence-corrected chi connectivity index (χ0v) is 12.6. The molecular weight excluding hydrogens is 208 g/mol. The summed E-state index contributed by atoms with van der Waals surface area (Å²) >= 11 is 0. The van der Waals surface area contributed by atoms with Crippen LogP contribution in [0.2, 0.25) is 0 Å². The van der Waals surface area contributed by atoms with Gasteiger partial charge in [0.25, 0.3) is 0 Å². The molecular formula is C15H34N2. The summed E-state index contributed by atoms with van der Waals surface area (Å²) in [5.74, 6) is 0. The zero-order chi connectivity index (χ0) is 13.1.